The van der Waals surface area contributed by atoms with Crippen LogP contribution in [0.25, 0.3) is 0 Å². The predicted octanol–water partition coefficient (Wildman–Crippen LogP) is 3.95. The Labute approximate surface area is 117 Å². The third kappa shape index (κ3) is 2.65. The average molecular weight is 276 g/mol. The largest absolute Gasteiger partial charge is 0.315 e. The molecule has 2 atom stereocenters. The second-order valence-electron chi connectivity index (χ2n) is 4.97. The second-order valence-corrected chi connectivity index (χ2v) is 5.41. The lowest BCUT2D eigenvalue weighted by molar-refractivity contribution is 0.621. The van der Waals surface area contributed by atoms with Gasteiger partial charge >= 0.3 is 0 Å². The quantitative estimate of drug-likeness (QED) is 0.875. The van der Waals surface area contributed by atoms with E-state index in [2.05, 4.69) is 17.4 Å². The molecule has 0 bridgehead atoms. The molecule has 0 saturated carbocycles. The Kier molecular flexibility index (Phi) is 3.54. The van der Waals surface area contributed by atoms with Gasteiger partial charge < -0.3 is 5.32 Å². The van der Waals surface area contributed by atoms with Crippen molar-refractivity contribution in [1.29, 1.82) is 0 Å². The molecule has 0 unspecified atom stereocenters. The van der Waals surface area contributed by atoms with Crippen molar-refractivity contribution in [3.8, 4) is 0 Å². The van der Waals surface area contributed by atoms with E-state index in [4.69, 9.17) is 11.6 Å². The standard InChI is InChI=1S/C16H15ClFN/c17-13-5-1-11(2-6-13)15-9-19-10-16(15)12-3-7-14(18)8-4-12/h1-8,15-16,19H,9-10H2/t15-,16+/m0/s1. The summed E-state index contributed by atoms with van der Waals surface area (Å²) >= 11 is 5.93. The van der Waals surface area contributed by atoms with Gasteiger partial charge in [-0.1, -0.05) is 35.9 Å². The molecule has 0 radical (unpaired) electrons. The smallest absolute Gasteiger partial charge is 0.123 e. The number of nitrogens with one attached hydrogen (secondary N) is 1. The summed E-state index contributed by atoms with van der Waals surface area (Å²) in [6.07, 6.45) is 0. The molecule has 98 valence electrons. The van der Waals surface area contributed by atoms with Gasteiger partial charge in [-0.3, -0.25) is 0 Å². The normalized spacial score (nSPS) is 22.6. The Hall–Kier alpha value is -1.38. The summed E-state index contributed by atoms with van der Waals surface area (Å²) in [5.41, 5.74) is 2.47. The SMILES string of the molecule is Fc1ccc([C@H]2CNC[C@H]2c2ccc(Cl)cc2)cc1. The lowest BCUT2D eigenvalue weighted by atomic mass is 9.84. The van der Waals surface area contributed by atoms with Gasteiger partial charge in [-0.2, -0.15) is 0 Å². The van der Waals surface area contributed by atoms with Gasteiger partial charge in [0.05, 0.1) is 0 Å². The van der Waals surface area contributed by atoms with Crippen LogP contribution in [0, 0.1) is 5.82 Å². The molecule has 1 heterocycles. The predicted molar refractivity (Wildman–Crippen MR) is 76.2 cm³/mol. The van der Waals surface area contributed by atoms with E-state index >= 15 is 0 Å². The van der Waals surface area contributed by atoms with Crippen molar-refractivity contribution in [3.63, 3.8) is 0 Å². The molecule has 1 N–H and O–H groups in total. The van der Waals surface area contributed by atoms with Crippen LogP contribution in [0.4, 0.5) is 4.39 Å². The lowest BCUT2D eigenvalue weighted by Crippen LogP contribution is -2.09. The Morgan fingerprint density at radius 3 is 1.84 bits per heavy atom. The summed E-state index contributed by atoms with van der Waals surface area (Å²) in [5.74, 6) is 0.627. The Balaban J connectivity index is 1.89. The van der Waals surface area contributed by atoms with Crippen molar-refractivity contribution < 1.29 is 4.39 Å². The van der Waals surface area contributed by atoms with Gasteiger partial charge in [0.25, 0.3) is 0 Å². The minimum Gasteiger partial charge on any atom is -0.315 e. The molecular formula is C16H15ClFN. The zero-order chi connectivity index (χ0) is 13.2. The Morgan fingerprint density at radius 2 is 1.32 bits per heavy atom. The van der Waals surface area contributed by atoms with Crippen LogP contribution in [0.1, 0.15) is 23.0 Å². The van der Waals surface area contributed by atoms with Crippen LogP contribution in [0.15, 0.2) is 48.5 Å². The fourth-order valence-electron chi connectivity index (χ4n) is 2.80. The Bertz CT molecular complexity index is 498. The topological polar surface area (TPSA) is 12.0 Å². The minimum atomic E-state index is -0.183. The first-order chi connectivity index (χ1) is 9.24. The number of rotatable bonds is 2. The van der Waals surface area contributed by atoms with Crippen LogP contribution in [-0.4, -0.2) is 13.1 Å². The average Bonchev–Trinajstić information content (AvgIpc) is 2.90. The summed E-state index contributed by atoms with van der Waals surface area (Å²) in [7, 11) is 0. The molecule has 0 aromatic heterocycles. The fraction of sp³-hybridized carbons (Fsp3) is 0.250. The van der Waals surface area contributed by atoms with E-state index < -0.39 is 0 Å². The number of hydrogen-bond donors (Lipinski definition) is 1. The third-order valence-corrected chi connectivity index (χ3v) is 4.06. The van der Waals surface area contributed by atoms with E-state index in [0.29, 0.717) is 11.8 Å². The van der Waals surface area contributed by atoms with Crippen molar-refractivity contribution in [1.82, 2.24) is 5.32 Å². The van der Waals surface area contributed by atoms with Crippen molar-refractivity contribution >= 4 is 11.6 Å². The van der Waals surface area contributed by atoms with Crippen LogP contribution in [0.2, 0.25) is 5.02 Å². The maximum Gasteiger partial charge on any atom is 0.123 e. The molecule has 3 rings (SSSR count). The molecule has 2 aromatic carbocycles. The molecule has 1 fully saturated rings. The lowest BCUT2D eigenvalue weighted by Gasteiger charge is -2.19. The summed E-state index contributed by atoms with van der Waals surface area (Å²) < 4.78 is 13.0. The molecule has 2 aromatic rings. The van der Waals surface area contributed by atoms with Crippen molar-refractivity contribution in [2.45, 2.75) is 11.8 Å². The molecule has 0 amide bonds. The summed E-state index contributed by atoms with van der Waals surface area (Å²) in [6, 6.07) is 14.9. The molecule has 1 nitrogen and oxygen atoms in total. The van der Waals surface area contributed by atoms with Crippen molar-refractivity contribution in [3.05, 3.63) is 70.5 Å². The Morgan fingerprint density at radius 1 is 0.842 bits per heavy atom. The van der Waals surface area contributed by atoms with Gasteiger partial charge in [-0.15, -0.1) is 0 Å². The number of hydrogen-bond acceptors (Lipinski definition) is 1. The molecule has 1 aliphatic rings. The van der Waals surface area contributed by atoms with Crippen molar-refractivity contribution in [2.24, 2.45) is 0 Å². The van der Waals surface area contributed by atoms with E-state index in [1.54, 1.807) is 0 Å². The van der Waals surface area contributed by atoms with Crippen LogP contribution < -0.4 is 5.32 Å². The highest BCUT2D eigenvalue weighted by molar-refractivity contribution is 6.30. The first-order valence-electron chi connectivity index (χ1n) is 6.45. The van der Waals surface area contributed by atoms with Crippen molar-refractivity contribution in [2.75, 3.05) is 13.1 Å². The summed E-state index contributed by atoms with van der Waals surface area (Å²) in [4.78, 5) is 0. The molecule has 0 spiro atoms. The van der Waals surface area contributed by atoms with Crippen LogP contribution >= 0.6 is 11.6 Å². The number of halogens is 2. The van der Waals surface area contributed by atoms with E-state index in [1.165, 1.54) is 23.3 Å². The maximum absolute atomic E-state index is 13.0. The summed E-state index contributed by atoms with van der Waals surface area (Å²) in [6.45, 7) is 1.88. The molecule has 3 heteroatoms. The maximum atomic E-state index is 13.0. The third-order valence-electron chi connectivity index (χ3n) is 3.81. The molecule has 19 heavy (non-hydrogen) atoms. The first-order valence-corrected chi connectivity index (χ1v) is 6.83. The van der Waals surface area contributed by atoms with Gasteiger partial charge in [0, 0.05) is 29.9 Å². The zero-order valence-corrected chi connectivity index (χ0v) is 11.2. The monoisotopic (exact) mass is 275 g/mol. The first kappa shape index (κ1) is 12.6. The van der Waals surface area contributed by atoms with E-state index in [0.717, 1.165) is 18.1 Å². The second kappa shape index (κ2) is 5.32. The van der Waals surface area contributed by atoms with Crippen LogP contribution in [0.5, 0.6) is 0 Å². The van der Waals surface area contributed by atoms with Crippen LogP contribution in [0.3, 0.4) is 0 Å². The molecule has 0 aliphatic carbocycles. The summed E-state index contributed by atoms with van der Waals surface area (Å²) in [5, 5.41) is 4.18. The highest BCUT2D eigenvalue weighted by Crippen LogP contribution is 2.36. The van der Waals surface area contributed by atoms with E-state index in [-0.39, 0.29) is 5.82 Å². The van der Waals surface area contributed by atoms with Gasteiger partial charge in [0.2, 0.25) is 0 Å². The molecule has 1 saturated heterocycles. The number of benzene rings is 2. The van der Waals surface area contributed by atoms with Gasteiger partial charge in [-0.05, 0) is 35.4 Å². The van der Waals surface area contributed by atoms with Crippen LogP contribution in [-0.2, 0) is 0 Å². The van der Waals surface area contributed by atoms with Gasteiger partial charge in [0.15, 0.2) is 0 Å². The zero-order valence-electron chi connectivity index (χ0n) is 10.4. The highest BCUT2D eigenvalue weighted by Gasteiger charge is 2.29. The molecular weight excluding hydrogens is 261 g/mol. The fourth-order valence-corrected chi connectivity index (χ4v) is 2.93. The molecule has 1 aliphatic heterocycles. The van der Waals surface area contributed by atoms with E-state index in [1.807, 2.05) is 24.3 Å². The minimum absolute atomic E-state index is 0.183. The van der Waals surface area contributed by atoms with Gasteiger partial charge in [0.1, 0.15) is 5.82 Å². The van der Waals surface area contributed by atoms with E-state index in [9.17, 15) is 4.39 Å². The highest BCUT2D eigenvalue weighted by atomic mass is 35.5. The van der Waals surface area contributed by atoms with Gasteiger partial charge in [-0.25, -0.2) is 4.39 Å².